The van der Waals surface area contributed by atoms with E-state index in [2.05, 4.69) is 9.97 Å². The first-order valence-electron chi connectivity index (χ1n) is 3.43. The van der Waals surface area contributed by atoms with Crippen LogP contribution < -0.4 is 5.73 Å². The average Bonchev–Trinajstić information content (AvgIpc) is 2.01. The number of nitrogens with two attached hydrogens (primary N) is 1. The van der Waals surface area contributed by atoms with Crippen LogP contribution in [0.3, 0.4) is 0 Å². The molecule has 2 N–H and O–H groups in total. The molecule has 0 amide bonds. The van der Waals surface area contributed by atoms with Gasteiger partial charge in [0.05, 0.1) is 0 Å². The number of nitrogen functional groups attached to an aromatic ring is 1. The van der Waals surface area contributed by atoms with Gasteiger partial charge in [0.2, 0.25) is 5.95 Å². The van der Waals surface area contributed by atoms with Gasteiger partial charge in [-0.3, -0.25) is 0 Å². The van der Waals surface area contributed by atoms with Crippen molar-refractivity contribution in [3.05, 3.63) is 11.8 Å². The molecule has 1 rings (SSSR count). The van der Waals surface area contributed by atoms with Gasteiger partial charge in [-0.25, -0.2) is 27.2 Å². The molecular formula is C6H7F2N3O2S. The maximum absolute atomic E-state index is 12.2. The van der Waals surface area contributed by atoms with Crippen LogP contribution in [-0.4, -0.2) is 24.6 Å². The summed E-state index contributed by atoms with van der Waals surface area (Å²) in [6.45, 7) is 0. The summed E-state index contributed by atoms with van der Waals surface area (Å²) in [6, 6.07) is 0.705. The lowest BCUT2D eigenvalue weighted by molar-refractivity contribution is 0.145. The molecule has 0 saturated heterocycles. The molecule has 1 heterocycles. The molecule has 0 aromatic carbocycles. The molecule has 0 saturated carbocycles. The van der Waals surface area contributed by atoms with E-state index in [9.17, 15) is 17.2 Å². The second-order valence-electron chi connectivity index (χ2n) is 2.56. The van der Waals surface area contributed by atoms with Crippen LogP contribution in [0, 0.1) is 0 Å². The largest absolute Gasteiger partial charge is 0.368 e. The van der Waals surface area contributed by atoms with E-state index in [0.717, 1.165) is 6.26 Å². The number of hydrogen-bond acceptors (Lipinski definition) is 5. The van der Waals surface area contributed by atoms with Crippen LogP contribution in [0.1, 0.15) is 12.1 Å². The Bertz CT molecular complexity index is 446. The standard InChI is InChI=1S/C6H7F2N3O2S/c1-14(12,13)4-2-3(5(7)8)10-6(9)11-4/h2,5H,1H3,(H2,9,10,11). The minimum Gasteiger partial charge on any atom is -0.368 e. The number of nitrogens with zero attached hydrogens (tertiary/aromatic N) is 2. The molecule has 0 aliphatic carbocycles. The van der Waals surface area contributed by atoms with Crippen LogP contribution in [0.25, 0.3) is 0 Å². The lowest BCUT2D eigenvalue weighted by atomic mass is 10.4. The van der Waals surface area contributed by atoms with Crippen molar-refractivity contribution in [2.24, 2.45) is 0 Å². The van der Waals surface area contributed by atoms with Crippen molar-refractivity contribution >= 4 is 15.8 Å². The van der Waals surface area contributed by atoms with Gasteiger partial charge in [-0.05, 0) is 0 Å². The SMILES string of the molecule is CS(=O)(=O)c1cc(C(F)F)nc(N)n1. The number of sulfone groups is 1. The number of hydrogen-bond donors (Lipinski definition) is 1. The van der Waals surface area contributed by atoms with Gasteiger partial charge >= 0.3 is 0 Å². The van der Waals surface area contributed by atoms with Crippen molar-refractivity contribution < 1.29 is 17.2 Å². The average molecular weight is 223 g/mol. The predicted molar refractivity (Wildman–Crippen MR) is 44.5 cm³/mol. The zero-order chi connectivity index (χ0) is 10.9. The van der Waals surface area contributed by atoms with Crippen LogP contribution in [0.5, 0.6) is 0 Å². The first-order chi connectivity index (χ1) is 6.30. The fourth-order valence-electron chi connectivity index (χ4n) is 0.763. The third-order valence-corrected chi connectivity index (χ3v) is 2.31. The molecule has 8 heteroatoms. The molecule has 0 spiro atoms. The van der Waals surface area contributed by atoms with Crippen LogP contribution in [0.15, 0.2) is 11.1 Å². The van der Waals surface area contributed by atoms with Gasteiger partial charge in [0.1, 0.15) is 5.69 Å². The third-order valence-electron chi connectivity index (χ3n) is 1.34. The van der Waals surface area contributed by atoms with Gasteiger partial charge in [-0.1, -0.05) is 0 Å². The minimum absolute atomic E-state index is 0.483. The Morgan fingerprint density at radius 3 is 2.43 bits per heavy atom. The van der Waals surface area contributed by atoms with E-state index < -0.39 is 32.9 Å². The van der Waals surface area contributed by atoms with Gasteiger partial charge in [-0.15, -0.1) is 0 Å². The Morgan fingerprint density at radius 2 is 2.00 bits per heavy atom. The zero-order valence-corrected chi connectivity index (χ0v) is 7.92. The predicted octanol–water partition coefficient (Wildman–Crippen LogP) is 0.400. The van der Waals surface area contributed by atoms with Gasteiger partial charge in [0.25, 0.3) is 6.43 Å². The Balaban J connectivity index is 3.35. The van der Waals surface area contributed by atoms with Gasteiger partial charge < -0.3 is 5.73 Å². The molecule has 0 bridgehead atoms. The van der Waals surface area contributed by atoms with E-state index in [-0.39, 0.29) is 0 Å². The third kappa shape index (κ3) is 2.34. The van der Waals surface area contributed by atoms with E-state index in [1.165, 1.54) is 0 Å². The number of rotatable bonds is 2. The lowest BCUT2D eigenvalue weighted by Crippen LogP contribution is -2.07. The van der Waals surface area contributed by atoms with E-state index >= 15 is 0 Å². The van der Waals surface area contributed by atoms with Gasteiger partial charge in [0.15, 0.2) is 14.9 Å². The van der Waals surface area contributed by atoms with Crippen molar-refractivity contribution in [3.63, 3.8) is 0 Å². The van der Waals surface area contributed by atoms with Gasteiger partial charge in [-0.2, -0.15) is 0 Å². The second kappa shape index (κ2) is 3.45. The first-order valence-corrected chi connectivity index (χ1v) is 5.32. The summed E-state index contributed by atoms with van der Waals surface area (Å²) < 4.78 is 46.3. The Kier molecular flexibility index (Phi) is 2.65. The summed E-state index contributed by atoms with van der Waals surface area (Å²) in [4.78, 5) is 6.53. The van der Waals surface area contributed by atoms with Crippen molar-refractivity contribution in [2.45, 2.75) is 11.5 Å². The Hall–Kier alpha value is -1.31. The molecule has 1 aromatic rings. The smallest absolute Gasteiger partial charge is 0.280 e. The van der Waals surface area contributed by atoms with Crippen LogP contribution in [-0.2, 0) is 9.84 Å². The maximum atomic E-state index is 12.2. The molecule has 0 unspecified atom stereocenters. The molecule has 14 heavy (non-hydrogen) atoms. The molecule has 5 nitrogen and oxygen atoms in total. The van der Waals surface area contributed by atoms with E-state index in [0.29, 0.717) is 6.07 Å². The van der Waals surface area contributed by atoms with Crippen LogP contribution >= 0.6 is 0 Å². The highest BCUT2D eigenvalue weighted by molar-refractivity contribution is 7.90. The van der Waals surface area contributed by atoms with Crippen molar-refractivity contribution in [1.82, 2.24) is 9.97 Å². The second-order valence-corrected chi connectivity index (χ2v) is 4.52. The molecule has 0 fully saturated rings. The highest BCUT2D eigenvalue weighted by Gasteiger charge is 2.16. The molecule has 0 atom stereocenters. The summed E-state index contributed by atoms with van der Waals surface area (Å²) in [5, 5.41) is -0.500. The monoisotopic (exact) mass is 223 g/mol. The Morgan fingerprint density at radius 1 is 1.43 bits per heavy atom. The number of halogens is 2. The summed E-state index contributed by atoms with van der Waals surface area (Å²) in [6.07, 6.45) is -2.02. The zero-order valence-electron chi connectivity index (χ0n) is 7.11. The van der Waals surface area contributed by atoms with Crippen molar-refractivity contribution in [1.29, 1.82) is 0 Å². The molecular weight excluding hydrogens is 216 g/mol. The van der Waals surface area contributed by atoms with E-state index in [1.54, 1.807) is 0 Å². The van der Waals surface area contributed by atoms with Crippen LogP contribution in [0.4, 0.5) is 14.7 Å². The maximum Gasteiger partial charge on any atom is 0.280 e. The summed E-state index contributed by atoms with van der Waals surface area (Å²) in [5.74, 6) is -0.483. The Labute approximate surface area is 78.9 Å². The first kappa shape index (κ1) is 10.8. The van der Waals surface area contributed by atoms with E-state index in [1.807, 2.05) is 0 Å². The summed E-state index contributed by atoms with van der Waals surface area (Å²) >= 11 is 0. The molecule has 0 aliphatic rings. The normalized spacial score (nSPS) is 12.0. The summed E-state index contributed by atoms with van der Waals surface area (Å²) in [7, 11) is -3.65. The fourth-order valence-corrected chi connectivity index (χ4v) is 1.36. The molecule has 78 valence electrons. The summed E-state index contributed by atoms with van der Waals surface area (Å²) in [5.41, 5.74) is 4.38. The highest BCUT2D eigenvalue weighted by Crippen LogP contribution is 2.19. The molecule has 0 aliphatic heterocycles. The number of anilines is 1. The van der Waals surface area contributed by atoms with Crippen molar-refractivity contribution in [3.8, 4) is 0 Å². The number of alkyl halides is 2. The molecule has 0 radical (unpaired) electrons. The van der Waals surface area contributed by atoms with Gasteiger partial charge in [0, 0.05) is 12.3 Å². The van der Waals surface area contributed by atoms with Crippen LogP contribution in [0.2, 0.25) is 0 Å². The number of aromatic nitrogens is 2. The van der Waals surface area contributed by atoms with E-state index in [4.69, 9.17) is 5.73 Å². The quantitative estimate of drug-likeness (QED) is 0.733. The lowest BCUT2D eigenvalue weighted by Gasteiger charge is -2.02. The topological polar surface area (TPSA) is 85.9 Å². The highest BCUT2D eigenvalue weighted by atomic mass is 32.2. The fraction of sp³-hybridized carbons (Fsp3) is 0.333. The van der Waals surface area contributed by atoms with Crippen molar-refractivity contribution in [2.75, 3.05) is 12.0 Å². The molecule has 1 aromatic heterocycles. The minimum atomic E-state index is -3.65.